The minimum absolute atomic E-state index is 0.0150. The number of hydrogen-bond acceptors (Lipinski definition) is 5. The predicted octanol–water partition coefficient (Wildman–Crippen LogP) is 8.26. The summed E-state index contributed by atoms with van der Waals surface area (Å²) >= 11 is 0. The highest BCUT2D eigenvalue weighted by molar-refractivity contribution is 5.77. The molecule has 1 spiro atoms. The zero-order chi connectivity index (χ0) is 34.1. The van der Waals surface area contributed by atoms with E-state index in [0.717, 1.165) is 88.1 Å². The van der Waals surface area contributed by atoms with E-state index in [2.05, 4.69) is 70.5 Å². The SMILES string of the molecule is COc1cc(O)c2c3c1O[C@H]1[C@H](N(CCCc4ccccc4)C(=O)CCCCCCCc4ccccc4)CC[C@H]4[C@@H](C2)N(CC2CC2)CC[C@@]341. The molecule has 3 aromatic carbocycles. The van der Waals surface area contributed by atoms with Crippen molar-refractivity contribution in [2.75, 3.05) is 26.7 Å². The molecule has 3 aliphatic carbocycles. The molecule has 1 amide bonds. The second kappa shape index (κ2) is 14.6. The quantitative estimate of drug-likeness (QED) is 0.155. The van der Waals surface area contributed by atoms with Gasteiger partial charge in [-0.15, -0.1) is 0 Å². The zero-order valence-corrected chi connectivity index (χ0v) is 30.0. The number of hydrogen-bond donors (Lipinski definition) is 1. The maximum Gasteiger partial charge on any atom is 0.222 e. The van der Waals surface area contributed by atoms with Crippen LogP contribution in [-0.4, -0.2) is 65.7 Å². The molecule has 2 saturated carbocycles. The Morgan fingerprint density at radius 2 is 1.62 bits per heavy atom. The van der Waals surface area contributed by atoms with Crippen molar-refractivity contribution in [3.8, 4) is 17.2 Å². The first-order valence-electron chi connectivity index (χ1n) is 19.8. The third-order valence-electron chi connectivity index (χ3n) is 13.0. The van der Waals surface area contributed by atoms with Crippen LogP contribution in [-0.2, 0) is 29.5 Å². The van der Waals surface area contributed by atoms with Crippen LogP contribution in [0.15, 0.2) is 66.7 Å². The Kier molecular flexibility index (Phi) is 9.83. The van der Waals surface area contributed by atoms with Crippen LogP contribution in [0.2, 0.25) is 0 Å². The molecule has 2 aliphatic heterocycles. The fourth-order valence-corrected chi connectivity index (χ4v) is 10.5. The number of piperidine rings is 1. The second-order valence-electron chi connectivity index (χ2n) is 16.0. The first-order valence-corrected chi connectivity index (χ1v) is 19.8. The summed E-state index contributed by atoms with van der Waals surface area (Å²) in [4.78, 5) is 19.4. The summed E-state index contributed by atoms with van der Waals surface area (Å²) in [5, 5.41) is 11.4. The van der Waals surface area contributed by atoms with Crippen LogP contribution in [0.4, 0.5) is 0 Å². The predicted molar refractivity (Wildman–Crippen MR) is 198 cm³/mol. The fraction of sp³-hybridized carbons (Fsp3) is 0.568. The lowest BCUT2D eigenvalue weighted by molar-refractivity contribution is -0.143. The lowest BCUT2D eigenvalue weighted by atomic mass is 9.50. The number of rotatable bonds is 16. The van der Waals surface area contributed by atoms with Crippen LogP contribution in [0.5, 0.6) is 17.2 Å². The van der Waals surface area contributed by atoms with E-state index in [4.69, 9.17) is 9.47 Å². The number of aryl methyl sites for hydroxylation is 2. The van der Waals surface area contributed by atoms with Crippen LogP contribution in [0.25, 0.3) is 0 Å². The first kappa shape index (κ1) is 33.6. The molecule has 0 unspecified atom stereocenters. The summed E-state index contributed by atoms with van der Waals surface area (Å²) in [6.45, 7) is 2.99. The molecular weight excluding hydrogens is 620 g/mol. The highest BCUT2D eigenvalue weighted by Gasteiger charge is 2.67. The molecule has 2 heterocycles. The standard InChI is InChI=1S/C44H56N2O4/c1-49-39-29-38(47)34-28-37-35-23-24-36(43-44(35,41(34)42(39)50-43)25-27-45(37)30-33-21-22-33)46(26-13-19-32-17-10-6-11-18-32)40(48)20-12-4-2-3-7-14-31-15-8-5-9-16-31/h5-6,8-11,15-18,29,33,35-37,43,47H,2-4,7,12-14,19-28,30H2,1H3/t35-,36+,37+,43-,44-/m0/s1. The molecule has 3 aromatic rings. The van der Waals surface area contributed by atoms with Gasteiger partial charge in [-0.05, 0) is 100 Å². The Hall–Kier alpha value is -3.51. The van der Waals surface area contributed by atoms with Gasteiger partial charge in [0.15, 0.2) is 11.5 Å². The maximum atomic E-state index is 14.4. The number of benzene rings is 3. The van der Waals surface area contributed by atoms with Gasteiger partial charge in [0.2, 0.25) is 5.91 Å². The fourth-order valence-electron chi connectivity index (χ4n) is 10.5. The summed E-state index contributed by atoms with van der Waals surface area (Å²) in [6, 6.07) is 23.7. The lowest BCUT2D eigenvalue weighted by Gasteiger charge is -2.60. The van der Waals surface area contributed by atoms with Crippen LogP contribution >= 0.6 is 0 Å². The molecule has 1 saturated heterocycles. The molecule has 6 nitrogen and oxygen atoms in total. The van der Waals surface area contributed by atoms with E-state index in [1.54, 1.807) is 13.2 Å². The molecule has 3 fully saturated rings. The number of nitrogens with zero attached hydrogens (tertiary/aromatic N) is 2. The number of phenolic OH excluding ortho intramolecular Hbond substituents is 1. The molecular formula is C44H56N2O4. The topological polar surface area (TPSA) is 62.2 Å². The molecule has 0 radical (unpaired) electrons. The number of methoxy groups -OCH3 is 1. The van der Waals surface area contributed by atoms with Gasteiger partial charge in [-0.3, -0.25) is 9.69 Å². The number of phenols is 1. The summed E-state index contributed by atoms with van der Waals surface area (Å²) in [5.41, 5.74) is 4.82. The van der Waals surface area contributed by atoms with Gasteiger partial charge in [0.1, 0.15) is 11.9 Å². The number of carbonyl (C=O) groups is 1. The highest BCUT2D eigenvalue weighted by Crippen LogP contribution is 2.66. The van der Waals surface area contributed by atoms with Crippen molar-refractivity contribution in [1.82, 2.24) is 9.80 Å². The average Bonchev–Trinajstić information content (AvgIpc) is 3.90. The van der Waals surface area contributed by atoms with Gasteiger partial charge in [-0.25, -0.2) is 0 Å². The van der Waals surface area contributed by atoms with Crippen molar-refractivity contribution in [3.63, 3.8) is 0 Å². The van der Waals surface area contributed by atoms with E-state index in [1.807, 2.05) is 0 Å². The summed E-state index contributed by atoms with van der Waals surface area (Å²) in [5.74, 6) is 3.41. The monoisotopic (exact) mass is 676 g/mol. The molecule has 6 heteroatoms. The maximum absolute atomic E-state index is 14.4. The third kappa shape index (κ3) is 6.42. The zero-order valence-electron chi connectivity index (χ0n) is 30.0. The molecule has 5 aliphatic rings. The van der Waals surface area contributed by atoms with E-state index >= 15 is 0 Å². The number of carbonyl (C=O) groups excluding carboxylic acids is 1. The van der Waals surface area contributed by atoms with Crippen molar-refractivity contribution in [1.29, 1.82) is 0 Å². The van der Waals surface area contributed by atoms with E-state index in [1.165, 1.54) is 55.3 Å². The van der Waals surface area contributed by atoms with E-state index < -0.39 is 0 Å². The van der Waals surface area contributed by atoms with Crippen molar-refractivity contribution in [2.45, 2.75) is 120 Å². The largest absolute Gasteiger partial charge is 0.508 e. The Morgan fingerprint density at radius 1 is 0.920 bits per heavy atom. The molecule has 1 N–H and O–H groups in total. The van der Waals surface area contributed by atoms with Gasteiger partial charge in [0.25, 0.3) is 0 Å². The van der Waals surface area contributed by atoms with Gasteiger partial charge in [-0.2, -0.15) is 0 Å². The molecule has 5 atom stereocenters. The number of amides is 1. The number of likely N-dealkylation sites (tertiary alicyclic amines) is 1. The molecule has 8 rings (SSSR count). The van der Waals surface area contributed by atoms with E-state index in [0.29, 0.717) is 29.9 Å². The summed E-state index contributed by atoms with van der Waals surface area (Å²) in [6.07, 6.45) is 15.8. The van der Waals surface area contributed by atoms with Crippen LogP contribution in [0.1, 0.15) is 99.3 Å². The minimum atomic E-state index is -0.195. The second-order valence-corrected chi connectivity index (χ2v) is 16.0. The lowest BCUT2D eigenvalue weighted by Crippen LogP contribution is -2.69. The smallest absolute Gasteiger partial charge is 0.222 e. The van der Waals surface area contributed by atoms with Crippen LogP contribution in [0.3, 0.4) is 0 Å². The number of ether oxygens (including phenoxy) is 2. The van der Waals surface area contributed by atoms with Gasteiger partial charge < -0.3 is 19.5 Å². The summed E-state index contributed by atoms with van der Waals surface area (Å²) in [7, 11) is 1.68. The van der Waals surface area contributed by atoms with Crippen molar-refractivity contribution in [3.05, 3.63) is 89.0 Å². The number of aromatic hydroxyl groups is 1. The summed E-state index contributed by atoms with van der Waals surface area (Å²) < 4.78 is 13.0. The van der Waals surface area contributed by atoms with Gasteiger partial charge in [0.05, 0.1) is 13.2 Å². The van der Waals surface area contributed by atoms with Crippen LogP contribution < -0.4 is 9.47 Å². The number of unbranched alkanes of at least 4 members (excludes halogenated alkanes) is 4. The van der Waals surface area contributed by atoms with E-state index in [9.17, 15) is 9.90 Å². The normalized spacial score (nSPS) is 26.3. The molecule has 50 heavy (non-hydrogen) atoms. The van der Waals surface area contributed by atoms with Crippen molar-refractivity contribution < 1.29 is 19.4 Å². The molecule has 0 aromatic heterocycles. The molecule has 2 bridgehead atoms. The average molecular weight is 677 g/mol. The molecule has 266 valence electrons. The van der Waals surface area contributed by atoms with E-state index in [-0.39, 0.29) is 23.5 Å². The van der Waals surface area contributed by atoms with Crippen molar-refractivity contribution >= 4 is 5.91 Å². The minimum Gasteiger partial charge on any atom is -0.508 e. The Morgan fingerprint density at radius 3 is 2.34 bits per heavy atom. The highest BCUT2D eigenvalue weighted by atomic mass is 16.5. The van der Waals surface area contributed by atoms with Gasteiger partial charge >= 0.3 is 0 Å². The van der Waals surface area contributed by atoms with Crippen LogP contribution in [0, 0.1) is 11.8 Å². The van der Waals surface area contributed by atoms with Gasteiger partial charge in [0, 0.05) is 48.2 Å². The first-order chi connectivity index (χ1) is 24.6. The van der Waals surface area contributed by atoms with Crippen molar-refractivity contribution in [2.24, 2.45) is 11.8 Å². The van der Waals surface area contributed by atoms with Gasteiger partial charge in [-0.1, -0.05) is 79.9 Å². The third-order valence-corrected chi connectivity index (χ3v) is 13.0. The Bertz CT molecular complexity index is 1620. The Balaban J connectivity index is 1.01. The Labute approximate surface area is 299 Å².